The van der Waals surface area contributed by atoms with Gasteiger partial charge in [-0.15, -0.1) is 0 Å². The SMILES string of the molecule is CC(C)Oc1ccc(NC(=O)c2cccc(S(=O)(=O)N3CCCC(C(N)=O)C3)c2)nc1. The molecule has 2 heterocycles. The van der Waals surface area contributed by atoms with Gasteiger partial charge >= 0.3 is 0 Å². The molecule has 1 fully saturated rings. The van der Waals surface area contributed by atoms with E-state index in [4.69, 9.17) is 10.5 Å². The molecule has 9 nitrogen and oxygen atoms in total. The van der Waals surface area contributed by atoms with E-state index >= 15 is 0 Å². The number of nitrogens with two attached hydrogens (primary N) is 1. The van der Waals surface area contributed by atoms with Crippen LogP contribution in [0.4, 0.5) is 5.82 Å². The molecule has 166 valence electrons. The number of hydrogen-bond acceptors (Lipinski definition) is 6. The van der Waals surface area contributed by atoms with Crippen LogP contribution in [0, 0.1) is 5.92 Å². The van der Waals surface area contributed by atoms with Crippen molar-refractivity contribution in [2.24, 2.45) is 11.7 Å². The number of anilines is 1. The molecule has 2 aromatic rings. The highest BCUT2D eigenvalue weighted by Gasteiger charge is 2.32. The fourth-order valence-electron chi connectivity index (χ4n) is 3.32. The number of pyridine rings is 1. The van der Waals surface area contributed by atoms with Gasteiger partial charge in [-0.05, 0) is 57.0 Å². The number of benzene rings is 1. The molecule has 3 rings (SSSR count). The van der Waals surface area contributed by atoms with E-state index in [1.807, 2.05) is 13.8 Å². The lowest BCUT2D eigenvalue weighted by Gasteiger charge is -2.30. The van der Waals surface area contributed by atoms with E-state index in [0.717, 1.165) is 0 Å². The second-order valence-corrected chi connectivity index (χ2v) is 9.57. The Bertz CT molecular complexity index is 1050. The van der Waals surface area contributed by atoms with Crippen LogP contribution in [-0.2, 0) is 14.8 Å². The van der Waals surface area contributed by atoms with Gasteiger partial charge in [0.05, 0.1) is 23.1 Å². The van der Waals surface area contributed by atoms with Gasteiger partial charge in [0.2, 0.25) is 15.9 Å². The summed E-state index contributed by atoms with van der Waals surface area (Å²) in [5.74, 6) is -0.614. The second kappa shape index (κ2) is 9.44. The summed E-state index contributed by atoms with van der Waals surface area (Å²) in [6.45, 7) is 4.14. The second-order valence-electron chi connectivity index (χ2n) is 7.63. The maximum absolute atomic E-state index is 13.0. The third-order valence-corrected chi connectivity index (χ3v) is 6.73. The molecule has 10 heteroatoms. The minimum Gasteiger partial charge on any atom is -0.489 e. The number of carbonyl (C=O) groups is 2. The van der Waals surface area contributed by atoms with Crippen molar-refractivity contribution in [2.45, 2.75) is 37.7 Å². The Hall–Kier alpha value is -2.98. The summed E-state index contributed by atoms with van der Waals surface area (Å²) in [6, 6.07) is 9.06. The Morgan fingerprint density at radius 1 is 1.26 bits per heavy atom. The van der Waals surface area contributed by atoms with Crippen molar-refractivity contribution in [3.63, 3.8) is 0 Å². The van der Waals surface area contributed by atoms with Gasteiger partial charge < -0.3 is 15.8 Å². The Kier molecular flexibility index (Phi) is 6.91. The van der Waals surface area contributed by atoms with E-state index in [1.165, 1.54) is 34.8 Å². The molecule has 1 aromatic carbocycles. The lowest BCUT2D eigenvalue weighted by Crippen LogP contribution is -2.44. The van der Waals surface area contributed by atoms with Crippen molar-refractivity contribution < 1.29 is 22.7 Å². The first-order valence-corrected chi connectivity index (χ1v) is 11.4. The lowest BCUT2D eigenvalue weighted by atomic mass is 9.99. The molecule has 1 aliphatic heterocycles. The number of primary amides is 1. The highest BCUT2D eigenvalue weighted by molar-refractivity contribution is 7.89. The average molecular weight is 447 g/mol. The van der Waals surface area contributed by atoms with Gasteiger partial charge in [0.15, 0.2) is 0 Å². The molecule has 31 heavy (non-hydrogen) atoms. The molecule has 1 atom stereocenters. The van der Waals surface area contributed by atoms with Gasteiger partial charge in [0.1, 0.15) is 11.6 Å². The topological polar surface area (TPSA) is 132 Å². The summed E-state index contributed by atoms with van der Waals surface area (Å²) in [6.07, 6.45) is 2.62. The van der Waals surface area contributed by atoms with Crippen molar-refractivity contribution in [3.8, 4) is 5.75 Å². The zero-order valence-corrected chi connectivity index (χ0v) is 18.3. The molecule has 1 aromatic heterocycles. The predicted molar refractivity (Wildman–Crippen MR) is 115 cm³/mol. The van der Waals surface area contributed by atoms with Crippen molar-refractivity contribution in [1.82, 2.24) is 9.29 Å². The number of piperidine rings is 1. The van der Waals surface area contributed by atoms with Crippen molar-refractivity contribution in [3.05, 3.63) is 48.2 Å². The van der Waals surface area contributed by atoms with Crippen LogP contribution in [0.1, 0.15) is 37.0 Å². The minimum absolute atomic E-state index is 0.00471. The van der Waals surface area contributed by atoms with E-state index in [1.54, 1.807) is 12.1 Å². The number of ether oxygens (including phenoxy) is 1. The van der Waals surface area contributed by atoms with Gasteiger partial charge in [0.25, 0.3) is 5.91 Å². The number of nitrogens with one attached hydrogen (secondary N) is 1. The largest absolute Gasteiger partial charge is 0.489 e. The number of rotatable bonds is 7. The molecular weight excluding hydrogens is 420 g/mol. The van der Waals surface area contributed by atoms with Crippen molar-refractivity contribution in [1.29, 1.82) is 0 Å². The smallest absolute Gasteiger partial charge is 0.256 e. The zero-order chi connectivity index (χ0) is 22.6. The van der Waals surface area contributed by atoms with Gasteiger partial charge in [0, 0.05) is 18.7 Å². The van der Waals surface area contributed by atoms with Crippen LogP contribution in [0.5, 0.6) is 5.75 Å². The van der Waals surface area contributed by atoms with Crippen molar-refractivity contribution >= 4 is 27.7 Å². The Morgan fingerprint density at radius 3 is 2.68 bits per heavy atom. The predicted octanol–water partition coefficient (Wildman–Crippen LogP) is 2.01. The first kappa shape index (κ1) is 22.7. The average Bonchev–Trinajstić information content (AvgIpc) is 2.75. The molecule has 0 aliphatic carbocycles. The quantitative estimate of drug-likeness (QED) is 0.669. The summed E-state index contributed by atoms with van der Waals surface area (Å²) in [5, 5.41) is 2.64. The molecule has 1 aliphatic rings. The summed E-state index contributed by atoms with van der Waals surface area (Å²) < 4.78 is 32.8. The van der Waals surface area contributed by atoms with Crippen molar-refractivity contribution in [2.75, 3.05) is 18.4 Å². The molecule has 0 saturated carbocycles. The lowest BCUT2D eigenvalue weighted by molar-refractivity contribution is -0.122. The van der Waals surface area contributed by atoms with Crippen LogP contribution in [0.3, 0.4) is 0 Å². The third-order valence-electron chi connectivity index (χ3n) is 4.87. The van der Waals surface area contributed by atoms with E-state index in [9.17, 15) is 18.0 Å². The summed E-state index contributed by atoms with van der Waals surface area (Å²) in [4.78, 5) is 28.2. The Morgan fingerprint density at radius 2 is 2.03 bits per heavy atom. The van der Waals surface area contributed by atoms with E-state index < -0.39 is 27.8 Å². The zero-order valence-electron chi connectivity index (χ0n) is 17.4. The maximum Gasteiger partial charge on any atom is 0.256 e. The normalized spacial score (nSPS) is 17.3. The number of hydrogen-bond donors (Lipinski definition) is 2. The molecule has 0 spiro atoms. The van der Waals surface area contributed by atoms with E-state index in [-0.39, 0.29) is 23.1 Å². The van der Waals surface area contributed by atoms with Crippen LogP contribution in [0.25, 0.3) is 0 Å². The summed E-state index contributed by atoms with van der Waals surface area (Å²) in [5.41, 5.74) is 5.53. The fraction of sp³-hybridized carbons (Fsp3) is 0.381. The van der Waals surface area contributed by atoms with Gasteiger partial charge in [-0.2, -0.15) is 4.31 Å². The van der Waals surface area contributed by atoms with Crippen LogP contribution in [-0.4, -0.2) is 48.7 Å². The number of amides is 2. The standard InChI is InChI=1S/C21H26N4O5S/c1-14(2)30-17-8-9-19(23-12-17)24-21(27)15-5-3-7-18(11-15)31(28,29)25-10-4-6-16(13-25)20(22)26/h3,5,7-9,11-12,14,16H,4,6,10,13H2,1-2H3,(H2,22,26)(H,23,24,27). The first-order chi connectivity index (χ1) is 14.7. The maximum atomic E-state index is 13.0. The van der Waals surface area contributed by atoms with E-state index in [2.05, 4.69) is 10.3 Å². The number of carbonyl (C=O) groups excluding carboxylic acids is 2. The number of aromatic nitrogens is 1. The van der Waals surface area contributed by atoms with Crippen LogP contribution in [0.15, 0.2) is 47.5 Å². The number of nitrogens with zero attached hydrogens (tertiary/aromatic N) is 2. The van der Waals surface area contributed by atoms with Crippen LogP contribution >= 0.6 is 0 Å². The molecule has 0 radical (unpaired) electrons. The van der Waals surface area contributed by atoms with Gasteiger partial charge in [-0.3, -0.25) is 9.59 Å². The number of sulfonamides is 1. The molecule has 2 amide bonds. The minimum atomic E-state index is -3.86. The van der Waals surface area contributed by atoms with Gasteiger partial charge in [-0.1, -0.05) is 6.07 Å². The molecular formula is C21H26N4O5S. The Balaban J connectivity index is 1.74. The van der Waals surface area contributed by atoms with E-state index in [0.29, 0.717) is 31.0 Å². The summed E-state index contributed by atoms with van der Waals surface area (Å²) in [7, 11) is -3.86. The highest BCUT2D eigenvalue weighted by atomic mass is 32.2. The third kappa shape index (κ3) is 5.59. The van der Waals surface area contributed by atoms with Crippen LogP contribution in [0.2, 0.25) is 0 Å². The molecule has 3 N–H and O–H groups in total. The highest BCUT2D eigenvalue weighted by Crippen LogP contribution is 2.24. The molecule has 1 unspecified atom stereocenters. The monoisotopic (exact) mass is 446 g/mol. The molecule has 0 bridgehead atoms. The summed E-state index contributed by atoms with van der Waals surface area (Å²) >= 11 is 0. The van der Waals surface area contributed by atoms with Crippen LogP contribution < -0.4 is 15.8 Å². The first-order valence-electron chi connectivity index (χ1n) is 10.0. The van der Waals surface area contributed by atoms with Gasteiger partial charge in [-0.25, -0.2) is 13.4 Å². The Labute approximate surface area is 181 Å². The fourth-order valence-corrected chi connectivity index (χ4v) is 4.89. The molecule has 1 saturated heterocycles.